The minimum Gasteiger partial charge on any atom is -0.496 e. The second-order valence-corrected chi connectivity index (χ2v) is 8.93. The first-order valence-electron chi connectivity index (χ1n) is 9.59. The maximum absolute atomic E-state index is 13.1. The molecule has 9 heteroatoms. The summed E-state index contributed by atoms with van der Waals surface area (Å²) in [5.41, 5.74) is 1.71. The molecule has 8 nitrogen and oxygen atoms in total. The molecule has 0 bridgehead atoms. The minimum absolute atomic E-state index is 0.0690. The van der Waals surface area contributed by atoms with Gasteiger partial charge in [0.1, 0.15) is 11.0 Å². The SMILES string of the molecule is COc1ccccc1CCNS(=O)(=O)C1CON(C)C1c1ccc(OC)c(OC)c1. The van der Waals surface area contributed by atoms with Gasteiger partial charge in [0.25, 0.3) is 0 Å². The molecule has 0 radical (unpaired) electrons. The summed E-state index contributed by atoms with van der Waals surface area (Å²) in [6.07, 6.45) is 0.522. The number of nitrogens with one attached hydrogen (secondary N) is 1. The molecule has 3 rings (SSSR count). The lowest BCUT2D eigenvalue weighted by Gasteiger charge is -2.24. The van der Waals surface area contributed by atoms with Gasteiger partial charge >= 0.3 is 0 Å². The second-order valence-electron chi connectivity index (χ2n) is 6.94. The first-order valence-corrected chi connectivity index (χ1v) is 11.1. The predicted molar refractivity (Wildman–Crippen MR) is 113 cm³/mol. The van der Waals surface area contributed by atoms with Crippen molar-refractivity contribution in [3.8, 4) is 17.2 Å². The molecule has 1 aliphatic rings. The number of para-hydroxylation sites is 1. The van der Waals surface area contributed by atoms with E-state index in [-0.39, 0.29) is 13.2 Å². The Morgan fingerprint density at radius 2 is 1.73 bits per heavy atom. The molecule has 2 unspecified atom stereocenters. The standard InChI is InChI=1S/C21H28N2O6S/c1-23-21(16-9-10-18(27-3)19(13-16)28-4)20(14-29-23)30(24,25)22-12-11-15-7-5-6-8-17(15)26-2/h5-10,13,20-22H,11-12,14H2,1-4H3. The zero-order chi connectivity index (χ0) is 21.7. The van der Waals surface area contributed by atoms with E-state index in [1.807, 2.05) is 30.3 Å². The second kappa shape index (κ2) is 9.65. The summed E-state index contributed by atoms with van der Waals surface area (Å²) in [5.74, 6) is 1.86. The van der Waals surface area contributed by atoms with Gasteiger partial charge in [0.15, 0.2) is 11.5 Å². The van der Waals surface area contributed by atoms with Gasteiger partial charge in [-0.25, -0.2) is 13.1 Å². The molecule has 2 aromatic carbocycles. The van der Waals surface area contributed by atoms with Gasteiger partial charge in [0.05, 0.1) is 34.0 Å². The number of benzene rings is 2. The highest BCUT2D eigenvalue weighted by molar-refractivity contribution is 7.90. The molecule has 2 aromatic rings. The third kappa shape index (κ3) is 4.70. The average molecular weight is 437 g/mol. The van der Waals surface area contributed by atoms with E-state index in [0.717, 1.165) is 16.9 Å². The van der Waals surface area contributed by atoms with Crippen LogP contribution in [-0.2, 0) is 21.3 Å². The minimum atomic E-state index is -3.64. The van der Waals surface area contributed by atoms with E-state index >= 15 is 0 Å². The first kappa shape index (κ1) is 22.4. The Kier molecular flexibility index (Phi) is 7.19. The van der Waals surface area contributed by atoms with Crippen molar-refractivity contribution in [2.45, 2.75) is 17.7 Å². The lowest BCUT2D eigenvalue weighted by molar-refractivity contribution is -0.110. The fourth-order valence-corrected chi connectivity index (χ4v) is 5.17. The first-order chi connectivity index (χ1) is 14.4. The van der Waals surface area contributed by atoms with Crippen molar-refractivity contribution in [2.24, 2.45) is 0 Å². The number of hydrogen-bond acceptors (Lipinski definition) is 7. The molecule has 0 aromatic heterocycles. The third-order valence-corrected chi connectivity index (χ3v) is 7.02. The zero-order valence-corrected chi connectivity index (χ0v) is 18.4. The van der Waals surface area contributed by atoms with E-state index in [0.29, 0.717) is 17.9 Å². The molecule has 1 saturated heterocycles. The summed E-state index contributed by atoms with van der Waals surface area (Å²) in [5, 5.41) is 0.809. The summed E-state index contributed by atoms with van der Waals surface area (Å²) in [4.78, 5) is 5.57. The van der Waals surface area contributed by atoms with Crippen LogP contribution in [0.2, 0.25) is 0 Å². The third-order valence-electron chi connectivity index (χ3n) is 5.22. The molecule has 30 heavy (non-hydrogen) atoms. The van der Waals surface area contributed by atoms with Crippen molar-refractivity contribution in [3.63, 3.8) is 0 Å². The molecule has 164 valence electrons. The molecular weight excluding hydrogens is 408 g/mol. The molecule has 2 atom stereocenters. The van der Waals surface area contributed by atoms with Gasteiger partial charge in [-0.15, -0.1) is 0 Å². The van der Waals surface area contributed by atoms with Crippen LogP contribution in [0.25, 0.3) is 0 Å². The van der Waals surface area contributed by atoms with Crippen molar-refractivity contribution >= 4 is 10.0 Å². The van der Waals surface area contributed by atoms with E-state index in [4.69, 9.17) is 19.0 Å². The number of hydroxylamine groups is 2. The van der Waals surface area contributed by atoms with E-state index in [1.54, 1.807) is 45.6 Å². The highest BCUT2D eigenvalue weighted by Crippen LogP contribution is 2.37. The number of ether oxygens (including phenoxy) is 3. The highest BCUT2D eigenvalue weighted by atomic mass is 32.2. The Morgan fingerprint density at radius 3 is 2.43 bits per heavy atom. The molecule has 0 spiro atoms. The highest BCUT2D eigenvalue weighted by Gasteiger charge is 2.43. The van der Waals surface area contributed by atoms with Gasteiger partial charge in [-0.2, -0.15) is 5.06 Å². The normalized spacial score (nSPS) is 19.6. The smallest absolute Gasteiger partial charge is 0.218 e. The lowest BCUT2D eigenvalue weighted by Crippen LogP contribution is -2.40. The van der Waals surface area contributed by atoms with Crippen molar-refractivity contribution in [2.75, 3.05) is 41.5 Å². The summed E-state index contributed by atoms with van der Waals surface area (Å²) in [6, 6.07) is 12.5. The number of hydrogen-bond donors (Lipinski definition) is 1. The molecule has 1 aliphatic heterocycles. The zero-order valence-electron chi connectivity index (χ0n) is 17.6. The van der Waals surface area contributed by atoms with Crippen molar-refractivity contribution in [1.82, 2.24) is 9.79 Å². The van der Waals surface area contributed by atoms with E-state index in [9.17, 15) is 8.42 Å². The molecule has 0 saturated carbocycles. The van der Waals surface area contributed by atoms with Crippen molar-refractivity contribution < 1.29 is 27.5 Å². The number of methoxy groups -OCH3 is 3. The molecule has 0 aliphatic carbocycles. The fourth-order valence-electron chi connectivity index (χ4n) is 3.66. The van der Waals surface area contributed by atoms with E-state index in [2.05, 4.69) is 4.72 Å². The molecule has 0 amide bonds. The van der Waals surface area contributed by atoms with Crippen molar-refractivity contribution in [1.29, 1.82) is 0 Å². The number of rotatable bonds is 9. The van der Waals surface area contributed by atoms with Crippen LogP contribution in [0.1, 0.15) is 17.2 Å². The number of nitrogens with zero attached hydrogens (tertiary/aromatic N) is 1. The Labute approximate surface area is 177 Å². The lowest BCUT2D eigenvalue weighted by atomic mass is 10.0. The van der Waals surface area contributed by atoms with Crippen LogP contribution >= 0.6 is 0 Å². The predicted octanol–water partition coefficient (Wildman–Crippen LogP) is 2.16. The monoisotopic (exact) mass is 436 g/mol. The van der Waals surface area contributed by atoms with Gasteiger partial charge in [0.2, 0.25) is 10.0 Å². The molecule has 1 N–H and O–H groups in total. The van der Waals surface area contributed by atoms with Crippen molar-refractivity contribution in [3.05, 3.63) is 53.6 Å². The Morgan fingerprint density at radius 1 is 1.03 bits per heavy atom. The van der Waals surface area contributed by atoms with Gasteiger partial charge in [-0.1, -0.05) is 24.3 Å². The largest absolute Gasteiger partial charge is 0.496 e. The van der Waals surface area contributed by atoms with Crippen LogP contribution in [0, 0.1) is 0 Å². The Balaban J connectivity index is 1.76. The summed E-state index contributed by atoms with van der Waals surface area (Å²) in [7, 11) is 2.79. The van der Waals surface area contributed by atoms with Crippen LogP contribution in [0.5, 0.6) is 17.2 Å². The van der Waals surface area contributed by atoms with E-state index < -0.39 is 21.3 Å². The average Bonchev–Trinajstić information content (AvgIpc) is 3.15. The molecule has 1 heterocycles. The van der Waals surface area contributed by atoms with Gasteiger partial charge in [-0.05, 0) is 35.7 Å². The van der Waals surface area contributed by atoms with Crippen LogP contribution in [0.15, 0.2) is 42.5 Å². The number of sulfonamides is 1. The Hall–Kier alpha value is -2.33. The summed E-state index contributed by atoms with van der Waals surface area (Å²) < 4.78 is 44.9. The fraction of sp³-hybridized carbons (Fsp3) is 0.429. The summed E-state index contributed by atoms with van der Waals surface area (Å²) >= 11 is 0. The van der Waals surface area contributed by atoms with Gasteiger partial charge < -0.3 is 14.2 Å². The van der Waals surface area contributed by atoms with Crippen LogP contribution in [0.3, 0.4) is 0 Å². The van der Waals surface area contributed by atoms with Gasteiger partial charge in [0, 0.05) is 13.6 Å². The maximum Gasteiger partial charge on any atom is 0.218 e. The topological polar surface area (TPSA) is 86.3 Å². The van der Waals surface area contributed by atoms with Crippen LogP contribution in [0.4, 0.5) is 0 Å². The van der Waals surface area contributed by atoms with E-state index in [1.165, 1.54) is 0 Å². The van der Waals surface area contributed by atoms with Crippen LogP contribution < -0.4 is 18.9 Å². The maximum atomic E-state index is 13.1. The van der Waals surface area contributed by atoms with Crippen LogP contribution in [-0.4, -0.2) is 60.3 Å². The quantitative estimate of drug-likeness (QED) is 0.645. The molecule has 1 fully saturated rings. The Bertz CT molecular complexity index is 966. The molecular formula is C21H28N2O6S. The van der Waals surface area contributed by atoms with Gasteiger partial charge in [-0.3, -0.25) is 4.84 Å². The summed E-state index contributed by atoms with van der Waals surface area (Å²) in [6.45, 7) is 0.334.